The Balaban J connectivity index is 1.04. The number of aromatic nitrogens is 1. The van der Waals surface area contributed by atoms with Crippen molar-refractivity contribution in [3.05, 3.63) is 89.1 Å². The van der Waals surface area contributed by atoms with Crippen molar-refractivity contribution in [3.63, 3.8) is 0 Å². The molecule has 0 radical (unpaired) electrons. The van der Waals surface area contributed by atoms with Gasteiger partial charge in [-0.1, -0.05) is 31.2 Å². The molecule has 7 rings (SSSR count). The van der Waals surface area contributed by atoms with Crippen LogP contribution in [-0.4, -0.2) is 89.4 Å². The van der Waals surface area contributed by atoms with Crippen LogP contribution in [0.2, 0.25) is 0 Å². The molecule has 3 fully saturated rings. The van der Waals surface area contributed by atoms with E-state index in [-0.39, 0.29) is 41.7 Å². The number of fused-ring (bicyclic) bond motifs is 2. The molecule has 0 aliphatic carbocycles. The number of hydrogen-bond acceptors (Lipinski definition) is 10. The highest BCUT2D eigenvalue weighted by molar-refractivity contribution is 7.57. The summed E-state index contributed by atoms with van der Waals surface area (Å²) in [6, 6.07) is 13.6. The normalized spacial score (nSPS) is 21.8. The molecule has 57 heavy (non-hydrogen) atoms. The molecule has 3 aliphatic heterocycles. The third kappa shape index (κ3) is 8.56. The molecule has 0 spiro atoms. The van der Waals surface area contributed by atoms with Crippen molar-refractivity contribution >= 4 is 52.6 Å². The number of rotatable bonds is 14. The van der Waals surface area contributed by atoms with Crippen LogP contribution in [-0.2, 0) is 23.7 Å². The molecule has 2 N–H and O–H groups in total. The summed E-state index contributed by atoms with van der Waals surface area (Å²) in [5, 5.41) is 6.05. The van der Waals surface area contributed by atoms with Gasteiger partial charge < -0.3 is 29.1 Å². The predicted molar refractivity (Wildman–Crippen MR) is 213 cm³/mol. The molecule has 2 aromatic heterocycles. The van der Waals surface area contributed by atoms with Gasteiger partial charge in [0.1, 0.15) is 29.6 Å². The number of nitrogens with zero attached hydrogens (tertiary/aromatic N) is 3. The van der Waals surface area contributed by atoms with Gasteiger partial charge in [0, 0.05) is 47.7 Å². The number of para-hydroxylation sites is 1. The lowest BCUT2D eigenvalue weighted by Crippen LogP contribution is -2.58. The van der Waals surface area contributed by atoms with E-state index in [1.807, 2.05) is 6.92 Å². The van der Waals surface area contributed by atoms with Crippen LogP contribution in [0, 0.1) is 0 Å². The maximum atomic E-state index is 16.5. The molecule has 3 saturated heterocycles. The highest BCUT2D eigenvalue weighted by Gasteiger charge is 2.48. The second-order valence-electron chi connectivity index (χ2n) is 14.8. The van der Waals surface area contributed by atoms with Gasteiger partial charge in [-0.2, -0.15) is 0 Å². The van der Waals surface area contributed by atoms with E-state index >= 15 is 4.39 Å². The van der Waals surface area contributed by atoms with E-state index in [9.17, 15) is 23.7 Å². The maximum Gasteiger partial charge on any atom is 0.355 e. The van der Waals surface area contributed by atoms with E-state index in [0.29, 0.717) is 53.7 Å². The molecule has 5 heterocycles. The molecule has 0 saturated carbocycles. The quantitative estimate of drug-likeness (QED) is 0.103. The number of amides is 3. The number of halogens is 1. The number of carbonyl (C=O) groups excluding carboxylic acids is 4. The van der Waals surface area contributed by atoms with Gasteiger partial charge in [-0.15, -0.1) is 11.3 Å². The summed E-state index contributed by atoms with van der Waals surface area (Å²) < 4.78 is 47.8. The number of thiophene rings is 1. The lowest BCUT2D eigenvalue weighted by Gasteiger charge is -2.42. The zero-order valence-electron chi connectivity index (χ0n) is 32.1. The van der Waals surface area contributed by atoms with Gasteiger partial charge in [-0.05, 0) is 92.8 Å². The lowest BCUT2D eigenvalue weighted by atomic mass is 9.91. The lowest BCUT2D eigenvalue weighted by molar-refractivity contribution is -0.148. The molecule has 3 amide bonds. The summed E-state index contributed by atoms with van der Waals surface area (Å²) in [6.45, 7) is 4.47. The van der Waals surface area contributed by atoms with Crippen LogP contribution in [0.25, 0.3) is 10.1 Å². The van der Waals surface area contributed by atoms with E-state index in [2.05, 4.69) is 15.4 Å². The average molecular weight is 820 g/mol. The van der Waals surface area contributed by atoms with Gasteiger partial charge in [0.05, 0.1) is 18.6 Å². The highest BCUT2D eigenvalue weighted by Crippen LogP contribution is 2.58. The number of benzene rings is 2. The first-order valence-electron chi connectivity index (χ1n) is 19.4. The number of alkyl halides is 1. The second-order valence-corrected chi connectivity index (χ2v) is 17.9. The smallest absolute Gasteiger partial charge is 0.355 e. The topological polar surface area (TPSA) is 156 Å². The minimum Gasteiger partial charge on any atom is -0.496 e. The van der Waals surface area contributed by atoms with Crippen LogP contribution in [0.5, 0.6) is 11.5 Å². The summed E-state index contributed by atoms with van der Waals surface area (Å²) in [7, 11) is -2.83. The standard InChI is InChI=1S/C41H47FN5O8PS/c1-4-19-54-41(51)25(2)45-56(52,55-30-10-6-5-7-11-30)37(42)26-13-16-35-27(20-26)21-36(57-35)38(48)44-32-12-8-9-29-14-15-33(47(29)39(32)49)40(50)46-23-28(24-46)31-22-43-18-17-34(31)53-3/h5-7,10-11,13,16-18,20-22,25,28-29,32-33,37H,4,8-9,12,14-15,19,23-24H2,1-3H3,(H,44,48)(H,45,52)/t25-,29-,32-,33-,37-,56-/m0/s1. The Morgan fingerprint density at radius 2 is 1.84 bits per heavy atom. The minimum atomic E-state index is -4.44. The number of likely N-dealkylation sites (tertiary alicyclic amines) is 1. The average Bonchev–Trinajstić information content (AvgIpc) is 3.79. The number of esters is 1. The van der Waals surface area contributed by atoms with Crippen LogP contribution in [0.4, 0.5) is 4.39 Å². The maximum absolute atomic E-state index is 16.5. The number of carbonyl (C=O) groups is 4. The minimum absolute atomic E-state index is 0.0240. The van der Waals surface area contributed by atoms with E-state index in [1.165, 1.54) is 30.4 Å². The molecule has 0 unspecified atom stereocenters. The molecule has 0 bridgehead atoms. The Labute approximate surface area is 334 Å². The molecule has 2 aromatic carbocycles. The number of ether oxygens (including phenoxy) is 2. The largest absolute Gasteiger partial charge is 0.496 e. The highest BCUT2D eigenvalue weighted by atomic mass is 32.1. The Hall–Kier alpha value is -4.85. The Morgan fingerprint density at radius 1 is 1.05 bits per heavy atom. The summed E-state index contributed by atoms with van der Waals surface area (Å²) in [5.74, 6) is -2.68. The molecule has 302 valence electrons. The summed E-state index contributed by atoms with van der Waals surface area (Å²) in [6.07, 6.45) is 7.23. The molecule has 6 atom stereocenters. The van der Waals surface area contributed by atoms with Crippen LogP contribution >= 0.6 is 18.9 Å². The second kappa shape index (κ2) is 17.3. The van der Waals surface area contributed by atoms with Crippen molar-refractivity contribution in [2.45, 2.75) is 88.4 Å². The van der Waals surface area contributed by atoms with Crippen LogP contribution in [0.1, 0.15) is 85.0 Å². The van der Waals surface area contributed by atoms with Crippen molar-refractivity contribution in [1.82, 2.24) is 25.2 Å². The first-order valence-corrected chi connectivity index (χ1v) is 21.9. The fraction of sp³-hybridized carbons (Fsp3) is 0.439. The monoisotopic (exact) mass is 819 g/mol. The Bertz CT molecular complexity index is 2170. The fourth-order valence-electron chi connectivity index (χ4n) is 7.86. The van der Waals surface area contributed by atoms with Gasteiger partial charge >= 0.3 is 13.5 Å². The van der Waals surface area contributed by atoms with Crippen molar-refractivity contribution in [2.75, 3.05) is 26.8 Å². The molecule has 4 aromatic rings. The van der Waals surface area contributed by atoms with E-state index in [0.717, 1.165) is 24.2 Å². The zero-order valence-corrected chi connectivity index (χ0v) is 33.8. The SMILES string of the molecule is CCCOC(=O)[C@H](C)N[P@@](=O)(Oc1ccccc1)[C@H](F)c1ccc2sc(C(=O)N[C@H]3CCC[C@H]4CC[C@@H](C(=O)N5CC(c6cnccc6OC)C5)N4C3=O)cc2c1. The molecule has 3 aliphatic rings. The summed E-state index contributed by atoms with van der Waals surface area (Å²) >= 11 is 1.18. The molecular formula is C41H47FN5O8PS. The first-order chi connectivity index (χ1) is 27.5. The van der Waals surface area contributed by atoms with E-state index in [4.69, 9.17) is 14.0 Å². The van der Waals surface area contributed by atoms with Gasteiger partial charge in [0.2, 0.25) is 17.7 Å². The van der Waals surface area contributed by atoms with Crippen molar-refractivity contribution in [1.29, 1.82) is 0 Å². The van der Waals surface area contributed by atoms with Crippen molar-refractivity contribution in [2.24, 2.45) is 0 Å². The molecular weight excluding hydrogens is 773 g/mol. The molecule has 16 heteroatoms. The number of pyridine rings is 1. The summed E-state index contributed by atoms with van der Waals surface area (Å²) in [5.41, 5.74) is 0.977. The van der Waals surface area contributed by atoms with Crippen molar-refractivity contribution in [3.8, 4) is 11.5 Å². The van der Waals surface area contributed by atoms with E-state index < -0.39 is 43.4 Å². The Kier molecular flexibility index (Phi) is 12.3. The third-order valence-electron chi connectivity index (χ3n) is 10.8. The first kappa shape index (κ1) is 40.4. The third-order valence-corrected chi connectivity index (χ3v) is 14.1. The number of hydrogen-bond donors (Lipinski definition) is 2. The van der Waals surface area contributed by atoms with Gasteiger partial charge in [-0.25, -0.2) is 9.48 Å². The predicted octanol–water partition coefficient (Wildman–Crippen LogP) is 6.74. The molecule has 13 nitrogen and oxygen atoms in total. The Morgan fingerprint density at radius 3 is 2.60 bits per heavy atom. The number of methoxy groups -OCH3 is 1. The van der Waals surface area contributed by atoms with Crippen molar-refractivity contribution < 1.29 is 42.1 Å². The van der Waals surface area contributed by atoms with E-state index in [1.54, 1.807) is 77.8 Å². The van der Waals surface area contributed by atoms with Gasteiger partial charge in [0.15, 0.2) is 0 Å². The zero-order chi connectivity index (χ0) is 40.3. The van der Waals surface area contributed by atoms with Gasteiger partial charge in [-0.3, -0.25) is 28.7 Å². The van der Waals surface area contributed by atoms with Crippen LogP contribution < -0.4 is 19.7 Å². The summed E-state index contributed by atoms with van der Waals surface area (Å²) in [4.78, 5) is 62.2. The number of nitrogens with one attached hydrogen (secondary N) is 2. The van der Waals surface area contributed by atoms with Crippen LogP contribution in [0.15, 0.2) is 73.1 Å². The fourth-order valence-corrected chi connectivity index (χ4v) is 10.7. The van der Waals surface area contributed by atoms with Gasteiger partial charge in [0.25, 0.3) is 5.91 Å². The van der Waals surface area contributed by atoms with Crippen LogP contribution in [0.3, 0.4) is 0 Å².